The van der Waals surface area contributed by atoms with Gasteiger partial charge in [0.15, 0.2) is 9.84 Å². The van der Waals surface area contributed by atoms with Crippen LogP contribution in [0.4, 0.5) is 0 Å². The fourth-order valence-corrected chi connectivity index (χ4v) is 4.16. The highest BCUT2D eigenvalue weighted by Gasteiger charge is 2.18. The number of rotatable bonds is 9. The fraction of sp³-hybridized carbons (Fsp3) is 0.556. The second kappa shape index (κ2) is 11.3. The molecule has 1 atom stereocenters. The summed E-state index contributed by atoms with van der Waals surface area (Å²) in [5.41, 5.74) is 1.49. The molecule has 7 nitrogen and oxygen atoms in total. The van der Waals surface area contributed by atoms with Crippen molar-refractivity contribution in [3.05, 3.63) is 35.4 Å². The van der Waals surface area contributed by atoms with E-state index in [1.54, 1.807) is 24.3 Å². The van der Waals surface area contributed by atoms with Crippen molar-refractivity contribution < 1.29 is 22.7 Å². The van der Waals surface area contributed by atoms with Gasteiger partial charge in [-0.3, -0.25) is 9.59 Å². The number of hydrogen-bond acceptors (Lipinski definition) is 6. The summed E-state index contributed by atoms with van der Waals surface area (Å²) >= 11 is 0. The summed E-state index contributed by atoms with van der Waals surface area (Å²) in [6.07, 6.45) is 2.56. The van der Waals surface area contributed by atoms with Crippen LogP contribution in [0.25, 0.3) is 0 Å². The molecule has 1 unspecified atom stereocenters. The maximum absolute atomic E-state index is 11.9. The van der Waals surface area contributed by atoms with Crippen molar-refractivity contribution in [2.24, 2.45) is 5.92 Å². The quantitative estimate of drug-likeness (QED) is 0.584. The first kappa shape index (κ1) is 23.4. The van der Waals surface area contributed by atoms with Gasteiger partial charge in [-0.1, -0.05) is 24.3 Å². The molecule has 0 saturated carbocycles. The van der Waals surface area contributed by atoms with Crippen LogP contribution in [0.5, 0.6) is 0 Å². The third-order valence-corrected chi connectivity index (χ3v) is 5.86. The normalized spacial score (nSPS) is 16.4. The lowest BCUT2D eigenvalue weighted by molar-refractivity contribution is -0.137. The molecule has 0 bridgehead atoms. The minimum absolute atomic E-state index is 0. The van der Waals surface area contributed by atoms with Crippen molar-refractivity contribution >= 4 is 34.1 Å². The average molecular weight is 419 g/mol. The molecular weight excluding hydrogens is 392 g/mol. The Kier molecular flexibility index (Phi) is 9.76. The molecule has 0 spiro atoms. The summed E-state index contributed by atoms with van der Waals surface area (Å²) < 4.78 is 28.2. The van der Waals surface area contributed by atoms with Gasteiger partial charge in [-0.25, -0.2) is 8.42 Å². The molecule has 1 heterocycles. The molecule has 1 amide bonds. The molecular formula is C18H27ClN2O5S. The molecule has 1 fully saturated rings. The Hall–Kier alpha value is -1.64. The van der Waals surface area contributed by atoms with E-state index in [0.29, 0.717) is 24.4 Å². The highest BCUT2D eigenvalue weighted by atomic mass is 35.5. The molecule has 2 rings (SSSR count). The SMILES string of the molecule is COC(=O)CS(=O)(=O)Cc1ccc(CNC(=O)CCC2CCNC2)cc1.Cl. The van der Waals surface area contributed by atoms with Crippen LogP contribution in [0.1, 0.15) is 30.4 Å². The first-order chi connectivity index (χ1) is 12.4. The third kappa shape index (κ3) is 8.73. The Morgan fingerprint density at radius 1 is 1.22 bits per heavy atom. The van der Waals surface area contributed by atoms with Crippen LogP contribution in [0, 0.1) is 5.92 Å². The number of hydrogen-bond donors (Lipinski definition) is 2. The summed E-state index contributed by atoms with van der Waals surface area (Å²) in [6, 6.07) is 6.95. The van der Waals surface area contributed by atoms with Crippen molar-refractivity contribution in [3.8, 4) is 0 Å². The van der Waals surface area contributed by atoms with Crippen LogP contribution in [-0.4, -0.2) is 46.2 Å². The maximum atomic E-state index is 11.9. The van der Waals surface area contributed by atoms with E-state index in [4.69, 9.17) is 0 Å². The smallest absolute Gasteiger partial charge is 0.320 e. The number of benzene rings is 1. The molecule has 27 heavy (non-hydrogen) atoms. The van der Waals surface area contributed by atoms with E-state index in [2.05, 4.69) is 15.4 Å². The Labute approximate surface area is 166 Å². The number of carbonyl (C=O) groups excluding carboxylic acids is 2. The number of amides is 1. The second-order valence-corrected chi connectivity index (χ2v) is 8.66. The van der Waals surface area contributed by atoms with Gasteiger partial charge >= 0.3 is 5.97 Å². The lowest BCUT2D eigenvalue weighted by atomic mass is 10.0. The molecule has 0 radical (unpaired) electrons. The zero-order valence-corrected chi connectivity index (χ0v) is 17.0. The predicted octanol–water partition coefficient (Wildman–Crippen LogP) is 1.20. The van der Waals surface area contributed by atoms with E-state index in [0.717, 1.165) is 38.6 Å². The van der Waals surface area contributed by atoms with Crippen LogP contribution < -0.4 is 10.6 Å². The van der Waals surface area contributed by atoms with Crippen molar-refractivity contribution in [2.45, 2.75) is 31.6 Å². The summed E-state index contributed by atoms with van der Waals surface area (Å²) in [4.78, 5) is 23.0. The van der Waals surface area contributed by atoms with Gasteiger partial charge in [-0.15, -0.1) is 12.4 Å². The average Bonchev–Trinajstić information content (AvgIpc) is 3.12. The monoisotopic (exact) mass is 418 g/mol. The van der Waals surface area contributed by atoms with Gasteiger partial charge in [-0.05, 0) is 43.0 Å². The summed E-state index contributed by atoms with van der Waals surface area (Å²) in [7, 11) is -2.39. The van der Waals surface area contributed by atoms with Crippen LogP contribution in [-0.2, 0) is 36.5 Å². The maximum Gasteiger partial charge on any atom is 0.320 e. The molecule has 9 heteroatoms. The number of sulfone groups is 1. The molecule has 2 N–H and O–H groups in total. The fourth-order valence-electron chi connectivity index (χ4n) is 2.88. The second-order valence-electron chi connectivity index (χ2n) is 6.60. The molecule has 1 aliphatic rings. The molecule has 1 aromatic rings. The van der Waals surface area contributed by atoms with E-state index in [1.807, 2.05) is 0 Å². The van der Waals surface area contributed by atoms with Crippen molar-refractivity contribution in [1.82, 2.24) is 10.6 Å². The highest BCUT2D eigenvalue weighted by Crippen LogP contribution is 2.14. The Morgan fingerprint density at radius 2 is 1.89 bits per heavy atom. The molecule has 152 valence electrons. The number of halogens is 1. The number of esters is 1. The summed E-state index contributed by atoms with van der Waals surface area (Å²) in [5, 5.41) is 6.17. The van der Waals surface area contributed by atoms with Crippen molar-refractivity contribution in [2.75, 3.05) is 26.0 Å². The van der Waals surface area contributed by atoms with Gasteiger partial charge in [0.2, 0.25) is 5.91 Å². The van der Waals surface area contributed by atoms with Gasteiger partial charge in [0.05, 0.1) is 12.9 Å². The zero-order chi connectivity index (χ0) is 19.0. The van der Waals surface area contributed by atoms with E-state index >= 15 is 0 Å². The van der Waals surface area contributed by atoms with Crippen LogP contribution >= 0.6 is 12.4 Å². The van der Waals surface area contributed by atoms with E-state index in [-0.39, 0.29) is 24.1 Å². The van der Waals surface area contributed by atoms with Crippen LogP contribution in [0.3, 0.4) is 0 Å². The molecule has 1 saturated heterocycles. The minimum atomic E-state index is -3.55. The van der Waals surface area contributed by atoms with E-state index < -0.39 is 21.6 Å². The highest BCUT2D eigenvalue weighted by molar-refractivity contribution is 7.91. The first-order valence-electron chi connectivity index (χ1n) is 8.70. The molecule has 0 aliphatic carbocycles. The standard InChI is InChI=1S/C18H26N2O5S.ClH/c1-25-18(22)13-26(23,24)12-16-4-2-14(3-5-16)11-20-17(21)7-6-15-8-9-19-10-15;/h2-5,15,19H,6-13H2,1H3,(H,20,21);1H. The summed E-state index contributed by atoms with van der Waals surface area (Å²) in [6.45, 7) is 2.44. The van der Waals surface area contributed by atoms with Gasteiger partial charge in [0, 0.05) is 13.0 Å². The Bertz CT molecular complexity index is 716. The Morgan fingerprint density at radius 3 is 2.48 bits per heavy atom. The topological polar surface area (TPSA) is 102 Å². The van der Waals surface area contributed by atoms with Gasteiger partial charge in [0.1, 0.15) is 5.75 Å². The van der Waals surface area contributed by atoms with E-state index in [1.165, 1.54) is 0 Å². The lowest BCUT2D eigenvalue weighted by Gasteiger charge is -2.09. The van der Waals surface area contributed by atoms with Gasteiger partial charge in [-0.2, -0.15) is 0 Å². The van der Waals surface area contributed by atoms with E-state index in [9.17, 15) is 18.0 Å². The number of carbonyl (C=O) groups is 2. The molecule has 1 aliphatic heterocycles. The number of methoxy groups -OCH3 is 1. The third-order valence-electron chi connectivity index (χ3n) is 4.41. The zero-order valence-electron chi connectivity index (χ0n) is 15.4. The van der Waals surface area contributed by atoms with Crippen molar-refractivity contribution in [3.63, 3.8) is 0 Å². The molecule has 0 aromatic heterocycles. The van der Waals surface area contributed by atoms with Crippen LogP contribution in [0.15, 0.2) is 24.3 Å². The van der Waals surface area contributed by atoms with Crippen molar-refractivity contribution in [1.29, 1.82) is 0 Å². The largest absolute Gasteiger partial charge is 0.468 e. The lowest BCUT2D eigenvalue weighted by Crippen LogP contribution is -2.23. The Balaban J connectivity index is 0.00000364. The predicted molar refractivity (Wildman–Crippen MR) is 105 cm³/mol. The first-order valence-corrected chi connectivity index (χ1v) is 10.5. The van der Waals surface area contributed by atoms with Gasteiger partial charge < -0.3 is 15.4 Å². The minimum Gasteiger partial charge on any atom is -0.468 e. The number of ether oxygens (including phenoxy) is 1. The summed E-state index contributed by atoms with van der Waals surface area (Å²) in [5.74, 6) is -0.992. The van der Waals surface area contributed by atoms with Gasteiger partial charge in [0.25, 0.3) is 0 Å². The van der Waals surface area contributed by atoms with Crippen LogP contribution in [0.2, 0.25) is 0 Å². The molecule has 1 aromatic carbocycles. The number of nitrogens with one attached hydrogen (secondary N) is 2.